The number of benzene rings is 2. The maximum atomic E-state index is 13.2. The molecular weight excluding hydrogens is 511 g/mol. The van der Waals surface area contributed by atoms with E-state index in [0.717, 1.165) is 61.8 Å². The van der Waals surface area contributed by atoms with Gasteiger partial charge < -0.3 is 19.6 Å². The third-order valence-electron chi connectivity index (χ3n) is 8.68. The molecule has 2 aromatic rings. The molecule has 4 aliphatic rings. The predicted molar refractivity (Wildman–Crippen MR) is 143 cm³/mol. The number of morpholine rings is 1. The molecule has 1 N–H and O–H groups in total. The van der Waals surface area contributed by atoms with Gasteiger partial charge in [0.25, 0.3) is 5.91 Å². The molecule has 2 bridgehead atoms. The number of carbonyl (C=O) groups is 2. The smallest absolute Gasteiger partial charge is 0.254 e. The summed E-state index contributed by atoms with van der Waals surface area (Å²) in [7, 11) is 0. The van der Waals surface area contributed by atoms with Crippen LogP contribution in [0.4, 0.5) is 0 Å². The third kappa shape index (κ3) is 4.89. The van der Waals surface area contributed by atoms with E-state index in [2.05, 4.69) is 0 Å². The minimum atomic E-state index is -0.229. The van der Waals surface area contributed by atoms with Crippen LogP contribution in [-0.4, -0.2) is 70.7 Å². The van der Waals surface area contributed by atoms with Crippen LogP contribution in [0.25, 0.3) is 11.1 Å². The van der Waals surface area contributed by atoms with E-state index < -0.39 is 0 Å². The Hall–Kier alpha value is -2.12. The first-order valence-corrected chi connectivity index (χ1v) is 14.1. The van der Waals surface area contributed by atoms with E-state index in [1.54, 1.807) is 0 Å². The molecule has 196 valence electrons. The molecule has 6 rings (SSSR count). The number of halogens is 2. The Morgan fingerprint density at radius 2 is 1.68 bits per heavy atom. The Bertz CT molecular complexity index is 1170. The first-order valence-electron chi connectivity index (χ1n) is 13.4. The number of carbonyl (C=O) groups excluding carboxylic acids is 2. The van der Waals surface area contributed by atoms with Gasteiger partial charge in [-0.05, 0) is 85.9 Å². The second kappa shape index (κ2) is 10.2. The zero-order valence-electron chi connectivity index (χ0n) is 20.7. The van der Waals surface area contributed by atoms with E-state index in [1.165, 1.54) is 0 Å². The molecule has 0 aromatic heterocycles. The predicted octanol–water partition coefficient (Wildman–Crippen LogP) is 4.97. The number of nitrogens with zero attached hydrogens (tertiary/aromatic N) is 2. The average Bonchev–Trinajstić information content (AvgIpc) is 3.63. The van der Waals surface area contributed by atoms with Crippen LogP contribution in [0, 0.1) is 5.92 Å². The van der Waals surface area contributed by atoms with Gasteiger partial charge in [-0.15, -0.1) is 0 Å². The third-order valence-corrected chi connectivity index (χ3v) is 9.35. The van der Waals surface area contributed by atoms with Gasteiger partial charge in [0.05, 0.1) is 24.9 Å². The van der Waals surface area contributed by atoms with Crippen molar-refractivity contribution >= 4 is 35.0 Å². The van der Waals surface area contributed by atoms with Crippen molar-refractivity contribution in [2.45, 2.75) is 69.2 Å². The zero-order valence-corrected chi connectivity index (χ0v) is 22.3. The summed E-state index contributed by atoms with van der Waals surface area (Å²) in [5.41, 5.74) is 3.29. The van der Waals surface area contributed by atoms with Crippen molar-refractivity contribution in [3.63, 3.8) is 0 Å². The van der Waals surface area contributed by atoms with Gasteiger partial charge >= 0.3 is 0 Å². The summed E-state index contributed by atoms with van der Waals surface area (Å²) in [6.45, 7) is 2.06. The quantitative estimate of drug-likeness (QED) is 0.579. The highest BCUT2D eigenvalue weighted by Crippen LogP contribution is 2.37. The molecule has 8 heteroatoms. The van der Waals surface area contributed by atoms with E-state index in [9.17, 15) is 14.7 Å². The molecule has 37 heavy (non-hydrogen) atoms. The SMILES string of the molecule is O=C(c1ccc(-c2cc(Cl)c(C[C@@H]3CCN(C4CCC(O)CC4)C3=O)c(Cl)c2)cc1)N1CC2CC1CO2. The maximum Gasteiger partial charge on any atom is 0.254 e. The van der Waals surface area contributed by atoms with Crippen LogP contribution in [0.15, 0.2) is 36.4 Å². The molecule has 2 aromatic carbocycles. The van der Waals surface area contributed by atoms with E-state index in [0.29, 0.717) is 35.2 Å². The van der Waals surface area contributed by atoms with Crippen LogP contribution in [0.3, 0.4) is 0 Å². The summed E-state index contributed by atoms with van der Waals surface area (Å²) in [5.74, 6) is 0.105. The molecule has 1 aliphatic carbocycles. The number of hydrogen-bond acceptors (Lipinski definition) is 4. The van der Waals surface area contributed by atoms with Gasteiger partial charge in [-0.1, -0.05) is 35.3 Å². The monoisotopic (exact) mass is 542 g/mol. The summed E-state index contributed by atoms with van der Waals surface area (Å²) in [6, 6.07) is 11.8. The highest BCUT2D eigenvalue weighted by atomic mass is 35.5. The standard InChI is InChI=1S/C29H32Cl2N2O4/c30-26-12-20(17-1-3-18(4-2-17)28(35)33-15-24-14-22(33)16-37-24)13-27(31)25(26)11-19-9-10-32(29(19)36)21-5-7-23(34)8-6-21/h1-4,12-13,19,21-24,34H,5-11,14-16H2/t19-,21?,22?,23?,24?/m0/s1. The minimum Gasteiger partial charge on any atom is -0.393 e. The lowest BCUT2D eigenvalue weighted by Crippen LogP contribution is -2.41. The first kappa shape index (κ1) is 25.2. The lowest BCUT2D eigenvalue weighted by atomic mass is 9.92. The Balaban J connectivity index is 1.13. The molecule has 3 atom stereocenters. The molecule has 3 heterocycles. The maximum absolute atomic E-state index is 13.2. The summed E-state index contributed by atoms with van der Waals surface area (Å²) in [6.07, 6.45) is 5.48. The minimum absolute atomic E-state index is 0.0495. The summed E-state index contributed by atoms with van der Waals surface area (Å²) < 4.78 is 5.61. The van der Waals surface area contributed by atoms with E-state index >= 15 is 0 Å². The lowest BCUT2D eigenvalue weighted by molar-refractivity contribution is -0.133. The molecule has 3 aliphatic heterocycles. The molecule has 0 spiro atoms. The number of likely N-dealkylation sites (tertiary alicyclic amines) is 2. The van der Waals surface area contributed by atoms with Crippen LogP contribution in [-0.2, 0) is 16.0 Å². The van der Waals surface area contributed by atoms with Gasteiger partial charge in [0.2, 0.25) is 5.91 Å². The van der Waals surface area contributed by atoms with Crippen molar-refractivity contribution in [1.29, 1.82) is 0 Å². The number of aliphatic hydroxyl groups excluding tert-OH is 1. The van der Waals surface area contributed by atoms with Crippen molar-refractivity contribution in [3.05, 3.63) is 57.6 Å². The van der Waals surface area contributed by atoms with Crippen LogP contribution < -0.4 is 0 Å². The topological polar surface area (TPSA) is 70.1 Å². The first-order chi connectivity index (χ1) is 17.9. The highest BCUT2D eigenvalue weighted by molar-refractivity contribution is 6.36. The number of fused-ring (bicyclic) bond motifs is 2. The average molecular weight is 543 g/mol. The zero-order chi connectivity index (χ0) is 25.7. The molecule has 2 unspecified atom stereocenters. The van der Waals surface area contributed by atoms with Gasteiger partial charge in [0.1, 0.15) is 0 Å². The Labute approximate surface area is 227 Å². The fraction of sp³-hybridized carbons (Fsp3) is 0.517. The molecule has 2 amide bonds. The van der Waals surface area contributed by atoms with Crippen molar-refractivity contribution < 1.29 is 19.4 Å². The molecule has 1 saturated carbocycles. The van der Waals surface area contributed by atoms with Crippen molar-refractivity contribution in [2.24, 2.45) is 5.92 Å². The van der Waals surface area contributed by atoms with Crippen molar-refractivity contribution in [1.82, 2.24) is 9.80 Å². The number of ether oxygens (including phenoxy) is 1. The van der Waals surface area contributed by atoms with E-state index in [-0.39, 0.29) is 42.0 Å². The summed E-state index contributed by atoms with van der Waals surface area (Å²) >= 11 is 13.4. The van der Waals surface area contributed by atoms with Crippen LogP contribution in [0.1, 0.15) is 54.4 Å². The summed E-state index contributed by atoms with van der Waals surface area (Å²) in [5, 5.41) is 10.9. The Morgan fingerprint density at radius 1 is 0.973 bits per heavy atom. The molecule has 3 saturated heterocycles. The summed E-state index contributed by atoms with van der Waals surface area (Å²) in [4.78, 5) is 30.1. The fourth-order valence-corrected chi connectivity index (χ4v) is 7.16. The van der Waals surface area contributed by atoms with Crippen LogP contribution >= 0.6 is 23.2 Å². The number of aliphatic hydroxyl groups is 1. The van der Waals surface area contributed by atoms with Crippen LogP contribution in [0.5, 0.6) is 0 Å². The highest BCUT2D eigenvalue weighted by Gasteiger charge is 2.41. The van der Waals surface area contributed by atoms with Gasteiger partial charge in [0.15, 0.2) is 0 Å². The number of amides is 2. The van der Waals surface area contributed by atoms with Crippen LogP contribution in [0.2, 0.25) is 10.0 Å². The molecular formula is C29H32Cl2N2O4. The Kier molecular flexibility index (Phi) is 6.95. The second-order valence-electron chi connectivity index (χ2n) is 11.0. The largest absolute Gasteiger partial charge is 0.393 e. The molecule has 4 fully saturated rings. The number of hydrogen-bond donors (Lipinski definition) is 1. The van der Waals surface area contributed by atoms with Gasteiger partial charge in [-0.25, -0.2) is 0 Å². The Morgan fingerprint density at radius 3 is 2.30 bits per heavy atom. The molecule has 0 radical (unpaired) electrons. The molecule has 6 nitrogen and oxygen atoms in total. The lowest BCUT2D eigenvalue weighted by Gasteiger charge is -2.33. The second-order valence-corrected chi connectivity index (χ2v) is 11.8. The van der Waals surface area contributed by atoms with E-state index in [4.69, 9.17) is 27.9 Å². The van der Waals surface area contributed by atoms with E-state index in [1.807, 2.05) is 46.2 Å². The normalized spacial score (nSPS) is 29.4. The number of rotatable bonds is 5. The van der Waals surface area contributed by atoms with Crippen molar-refractivity contribution in [3.8, 4) is 11.1 Å². The van der Waals surface area contributed by atoms with Gasteiger partial charge in [-0.2, -0.15) is 0 Å². The van der Waals surface area contributed by atoms with Gasteiger partial charge in [-0.3, -0.25) is 9.59 Å². The fourth-order valence-electron chi connectivity index (χ4n) is 6.52. The van der Waals surface area contributed by atoms with Gasteiger partial charge in [0, 0.05) is 40.7 Å². The van der Waals surface area contributed by atoms with Crippen molar-refractivity contribution in [2.75, 3.05) is 19.7 Å².